The van der Waals surface area contributed by atoms with Gasteiger partial charge in [-0.15, -0.1) is 0 Å². The summed E-state index contributed by atoms with van der Waals surface area (Å²) in [4.78, 5) is 26.8. The van der Waals surface area contributed by atoms with Gasteiger partial charge >= 0.3 is 0 Å². The van der Waals surface area contributed by atoms with Gasteiger partial charge < -0.3 is 15.3 Å². The maximum absolute atomic E-state index is 13.5. The highest BCUT2D eigenvalue weighted by atomic mass is 35.5. The number of rotatable bonds is 4. The summed E-state index contributed by atoms with van der Waals surface area (Å²) < 4.78 is 13.5. The molecule has 2 aromatic rings. The molecule has 7 heteroatoms. The van der Waals surface area contributed by atoms with Gasteiger partial charge in [0.05, 0.1) is 6.42 Å². The molecular weight excluding hydrogens is 407 g/mol. The van der Waals surface area contributed by atoms with Crippen LogP contribution < -0.4 is 5.32 Å². The number of carbonyl (C=O) groups is 2. The van der Waals surface area contributed by atoms with E-state index < -0.39 is 11.6 Å². The van der Waals surface area contributed by atoms with Crippen molar-refractivity contribution in [3.8, 4) is 5.75 Å². The zero-order valence-corrected chi connectivity index (χ0v) is 17.3. The van der Waals surface area contributed by atoms with Gasteiger partial charge in [-0.2, -0.15) is 0 Å². The average molecular weight is 431 g/mol. The van der Waals surface area contributed by atoms with Crippen LogP contribution >= 0.6 is 11.6 Å². The molecule has 1 spiro atoms. The number of hydrogen-bond acceptors (Lipinski definition) is 3. The van der Waals surface area contributed by atoms with Crippen molar-refractivity contribution in [2.45, 2.75) is 38.1 Å². The highest BCUT2D eigenvalue weighted by Gasteiger charge is 2.46. The first-order chi connectivity index (χ1) is 14.3. The van der Waals surface area contributed by atoms with Gasteiger partial charge in [-0.25, -0.2) is 4.39 Å². The minimum absolute atomic E-state index is 0.0351. The lowest BCUT2D eigenvalue weighted by Crippen LogP contribution is -2.60. The molecule has 2 N–H and O–H groups in total. The number of phenols is 1. The molecule has 30 heavy (non-hydrogen) atoms. The predicted molar refractivity (Wildman–Crippen MR) is 112 cm³/mol. The van der Waals surface area contributed by atoms with Crippen LogP contribution in [0.1, 0.15) is 41.6 Å². The number of hydrogen-bond donors (Lipinski definition) is 2. The van der Waals surface area contributed by atoms with Crippen molar-refractivity contribution in [1.29, 1.82) is 0 Å². The van der Waals surface area contributed by atoms with E-state index in [0.717, 1.165) is 50.4 Å². The van der Waals surface area contributed by atoms with Gasteiger partial charge in [-0.05, 0) is 55.5 Å². The number of benzene rings is 2. The highest BCUT2D eigenvalue weighted by molar-refractivity contribution is 6.31. The molecule has 5 nitrogen and oxygen atoms in total. The molecule has 1 aliphatic heterocycles. The van der Waals surface area contributed by atoms with Gasteiger partial charge in [0.1, 0.15) is 0 Å². The highest BCUT2D eigenvalue weighted by Crippen LogP contribution is 2.44. The Morgan fingerprint density at radius 3 is 2.53 bits per heavy atom. The number of amides is 2. The standard InChI is InChI=1S/C23H24ClFN2O3/c24-18-4-2-1-3-15(18)12-21(29)27-13-23(14-27)9-7-17(8-10-23)26-22(30)16-5-6-20(28)19(25)11-16/h1-6,11,17,28H,7-10,12-14H2,(H,26,30). The van der Waals surface area contributed by atoms with Gasteiger partial charge in [-0.3, -0.25) is 9.59 Å². The van der Waals surface area contributed by atoms with E-state index in [0.29, 0.717) is 11.4 Å². The lowest BCUT2D eigenvalue weighted by Gasteiger charge is -2.53. The first-order valence-corrected chi connectivity index (χ1v) is 10.5. The summed E-state index contributed by atoms with van der Waals surface area (Å²) >= 11 is 6.16. The smallest absolute Gasteiger partial charge is 0.251 e. The van der Waals surface area contributed by atoms with Crippen LogP contribution in [0.4, 0.5) is 4.39 Å². The maximum Gasteiger partial charge on any atom is 0.251 e. The van der Waals surface area contributed by atoms with Crippen LogP contribution in [0.5, 0.6) is 5.75 Å². The summed E-state index contributed by atoms with van der Waals surface area (Å²) in [5.74, 6) is -1.51. The number of carbonyl (C=O) groups excluding carboxylic acids is 2. The van der Waals surface area contributed by atoms with E-state index in [-0.39, 0.29) is 28.8 Å². The van der Waals surface area contributed by atoms with Gasteiger partial charge in [0.15, 0.2) is 11.6 Å². The lowest BCUT2D eigenvalue weighted by atomic mass is 9.67. The molecule has 4 rings (SSSR count). The Bertz CT molecular complexity index is 965. The molecule has 1 saturated carbocycles. The molecule has 2 amide bonds. The molecule has 158 valence electrons. The van der Waals surface area contributed by atoms with Gasteiger partial charge in [0, 0.05) is 35.1 Å². The summed E-state index contributed by atoms with van der Waals surface area (Å²) in [7, 11) is 0. The number of nitrogens with zero attached hydrogens (tertiary/aromatic N) is 1. The van der Waals surface area contributed by atoms with Crippen molar-refractivity contribution in [3.63, 3.8) is 0 Å². The van der Waals surface area contributed by atoms with E-state index in [1.165, 1.54) is 12.1 Å². The molecule has 0 radical (unpaired) electrons. The van der Waals surface area contributed by atoms with Gasteiger partial charge in [-0.1, -0.05) is 29.8 Å². The van der Waals surface area contributed by atoms with Crippen LogP contribution in [0, 0.1) is 11.2 Å². The van der Waals surface area contributed by atoms with Crippen molar-refractivity contribution in [2.24, 2.45) is 5.41 Å². The number of nitrogens with one attached hydrogen (secondary N) is 1. The van der Waals surface area contributed by atoms with Crippen molar-refractivity contribution in [1.82, 2.24) is 10.2 Å². The number of likely N-dealkylation sites (tertiary alicyclic amines) is 1. The summed E-state index contributed by atoms with van der Waals surface area (Å²) in [5, 5.41) is 12.8. The minimum Gasteiger partial charge on any atom is -0.505 e. The third-order valence-electron chi connectivity index (χ3n) is 6.30. The number of aromatic hydroxyl groups is 1. The molecule has 1 saturated heterocycles. The van der Waals surface area contributed by atoms with E-state index in [2.05, 4.69) is 5.32 Å². The molecule has 2 fully saturated rings. The second-order valence-corrected chi connectivity index (χ2v) is 8.84. The fourth-order valence-corrected chi connectivity index (χ4v) is 4.67. The van der Waals surface area contributed by atoms with Crippen LogP contribution in [-0.2, 0) is 11.2 Å². The lowest BCUT2D eigenvalue weighted by molar-refractivity contribution is -0.145. The molecule has 1 aliphatic carbocycles. The second kappa shape index (κ2) is 8.26. The summed E-state index contributed by atoms with van der Waals surface area (Å²) in [6.07, 6.45) is 3.87. The minimum atomic E-state index is -0.804. The van der Waals surface area contributed by atoms with Crippen LogP contribution in [0.15, 0.2) is 42.5 Å². The van der Waals surface area contributed by atoms with E-state index in [1.54, 1.807) is 6.07 Å². The fourth-order valence-electron chi connectivity index (χ4n) is 4.46. The second-order valence-electron chi connectivity index (χ2n) is 8.43. The molecule has 0 unspecified atom stereocenters. The van der Waals surface area contributed by atoms with Crippen LogP contribution in [0.3, 0.4) is 0 Å². The van der Waals surface area contributed by atoms with E-state index in [9.17, 15) is 19.1 Å². The van der Waals surface area contributed by atoms with Crippen molar-refractivity contribution in [3.05, 3.63) is 64.4 Å². The molecule has 0 bridgehead atoms. The normalized spacial score (nSPS) is 18.1. The molecule has 0 atom stereocenters. The monoisotopic (exact) mass is 430 g/mol. The van der Waals surface area contributed by atoms with Gasteiger partial charge in [0.2, 0.25) is 5.91 Å². The van der Waals surface area contributed by atoms with Gasteiger partial charge in [0.25, 0.3) is 5.91 Å². The maximum atomic E-state index is 13.5. The predicted octanol–water partition coefficient (Wildman–Crippen LogP) is 3.93. The number of halogens is 2. The largest absolute Gasteiger partial charge is 0.505 e. The third-order valence-corrected chi connectivity index (χ3v) is 6.66. The Kier molecular flexibility index (Phi) is 5.69. The van der Waals surface area contributed by atoms with E-state index in [1.807, 2.05) is 23.1 Å². The number of phenolic OH excluding ortho intramolecular Hbond substituents is 1. The Morgan fingerprint density at radius 2 is 1.87 bits per heavy atom. The molecule has 1 heterocycles. The Balaban J connectivity index is 1.25. The zero-order valence-electron chi connectivity index (χ0n) is 16.5. The first-order valence-electron chi connectivity index (χ1n) is 10.2. The van der Waals surface area contributed by atoms with E-state index in [4.69, 9.17) is 11.6 Å². The Morgan fingerprint density at radius 1 is 1.17 bits per heavy atom. The Hall–Kier alpha value is -2.60. The summed E-state index contributed by atoms with van der Waals surface area (Å²) in [6.45, 7) is 1.50. The topological polar surface area (TPSA) is 69.6 Å². The SMILES string of the molecule is O=C(NC1CCC2(CC1)CN(C(=O)Cc1ccccc1Cl)C2)c1ccc(O)c(F)c1. The van der Waals surface area contributed by atoms with Crippen LogP contribution in [-0.4, -0.2) is 41.0 Å². The Labute approximate surface area is 179 Å². The quantitative estimate of drug-likeness (QED) is 0.772. The molecule has 0 aromatic heterocycles. The van der Waals surface area contributed by atoms with Crippen molar-refractivity contribution >= 4 is 23.4 Å². The summed E-state index contributed by atoms with van der Waals surface area (Å²) in [5.41, 5.74) is 1.19. The summed E-state index contributed by atoms with van der Waals surface area (Å²) in [6, 6.07) is 11.1. The van der Waals surface area contributed by atoms with Crippen molar-refractivity contribution < 1.29 is 19.1 Å². The first kappa shape index (κ1) is 20.7. The molecule has 2 aliphatic rings. The fraction of sp³-hybridized carbons (Fsp3) is 0.391. The van der Waals surface area contributed by atoms with Crippen LogP contribution in [0.2, 0.25) is 5.02 Å². The molecule has 2 aromatic carbocycles. The van der Waals surface area contributed by atoms with E-state index >= 15 is 0 Å². The zero-order chi connectivity index (χ0) is 21.3. The third kappa shape index (κ3) is 4.29. The van der Waals surface area contributed by atoms with Crippen LogP contribution in [0.25, 0.3) is 0 Å². The van der Waals surface area contributed by atoms with Crippen molar-refractivity contribution in [2.75, 3.05) is 13.1 Å². The molecular formula is C23H24ClFN2O3. The average Bonchev–Trinajstić information content (AvgIpc) is 2.70.